The first kappa shape index (κ1) is 12.3. The van der Waals surface area contributed by atoms with E-state index in [0.29, 0.717) is 5.56 Å². The fourth-order valence-corrected chi connectivity index (χ4v) is 2.12. The second kappa shape index (κ2) is 5.43. The van der Waals surface area contributed by atoms with Crippen molar-refractivity contribution in [3.05, 3.63) is 53.9 Å². The number of benzene rings is 1. The van der Waals surface area contributed by atoms with E-state index in [-0.39, 0.29) is 5.75 Å². The highest BCUT2D eigenvalue weighted by molar-refractivity contribution is 7.71. The quantitative estimate of drug-likeness (QED) is 0.851. The van der Waals surface area contributed by atoms with Crippen LogP contribution in [0.2, 0.25) is 0 Å². The Morgan fingerprint density at radius 1 is 1.11 bits per heavy atom. The molecule has 90 valence electrons. The van der Waals surface area contributed by atoms with Crippen LogP contribution in [0.1, 0.15) is 11.1 Å². The van der Waals surface area contributed by atoms with Crippen molar-refractivity contribution in [3.8, 4) is 17.2 Å². The van der Waals surface area contributed by atoms with Crippen LogP contribution in [0.3, 0.4) is 0 Å². The molecule has 0 aliphatic carbocycles. The summed E-state index contributed by atoms with van der Waals surface area (Å²) in [7, 11) is -2.40. The maximum Gasteiger partial charge on any atom is 0.144 e. The third-order valence-electron chi connectivity index (χ3n) is 2.47. The first-order chi connectivity index (χ1) is 8.69. The summed E-state index contributed by atoms with van der Waals surface area (Å²) in [6, 6.07) is 11.0. The fourth-order valence-electron chi connectivity index (χ4n) is 1.61. The second-order valence-electron chi connectivity index (χ2n) is 3.76. The van der Waals surface area contributed by atoms with Gasteiger partial charge in [-0.25, -0.2) is 8.42 Å². The molecule has 18 heavy (non-hydrogen) atoms. The molecule has 0 amide bonds. The highest BCUT2D eigenvalue weighted by atomic mass is 32.2. The molecule has 1 aromatic heterocycles. The molecule has 0 radical (unpaired) electrons. The number of nitriles is 1. The smallest absolute Gasteiger partial charge is 0.144 e. The van der Waals surface area contributed by atoms with E-state index >= 15 is 0 Å². The molecule has 1 heterocycles. The number of thiol groups is 1. The molecular formula is C13H10N2O2S. The molecule has 5 heteroatoms. The van der Waals surface area contributed by atoms with Gasteiger partial charge in [-0.1, -0.05) is 24.3 Å². The van der Waals surface area contributed by atoms with Crippen LogP contribution in [0, 0.1) is 11.3 Å². The van der Waals surface area contributed by atoms with Crippen molar-refractivity contribution in [1.29, 1.82) is 5.26 Å². The molecule has 1 aromatic carbocycles. The van der Waals surface area contributed by atoms with Crippen LogP contribution >= 0.6 is 0 Å². The molecule has 0 N–H and O–H groups in total. The minimum atomic E-state index is -2.40. The van der Waals surface area contributed by atoms with E-state index in [4.69, 9.17) is 5.26 Å². The first-order valence-corrected chi connectivity index (χ1v) is 6.61. The maximum absolute atomic E-state index is 10.6. The van der Waals surface area contributed by atoms with Gasteiger partial charge < -0.3 is 0 Å². The normalized spacial score (nSPS) is 10.2. The number of nitrogens with zero attached hydrogens (tertiary/aromatic N) is 2. The molecule has 0 spiro atoms. The lowest BCUT2D eigenvalue weighted by molar-refractivity contribution is 0.614. The molecule has 0 aliphatic rings. The SMILES string of the molecule is N#Cc1cncc(-c2ccc(C[SH](=O)=O)cc2)c1. The van der Waals surface area contributed by atoms with Gasteiger partial charge in [-0.2, -0.15) is 5.26 Å². The van der Waals surface area contributed by atoms with Crippen molar-refractivity contribution in [2.24, 2.45) is 0 Å². The molecule has 4 nitrogen and oxygen atoms in total. The van der Waals surface area contributed by atoms with Gasteiger partial charge in [0.2, 0.25) is 0 Å². The van der Waals surface area contributed by atoms with E-state index < -0.39 is 10.7 Å². The summed E-state index contributed by atoms with van der Waals surface area (Å²) in [6.07, 6.45) is 3.17. The first-order valence-electron chi connectivity index (χ1n) is 5.25. The Labute approximate surface area is 106 Å². The second-order valence-corrected chi connectivity index (χ2v) is 4.74. The predicted molar refractivity (Wildman–Crippen MR) is 68.4 cm³/mol. The summed E-state index contributed by atoms with van der Waals surface area (Å²) in [6.45, 7) is 0. The van der Waals surface area contributed by atoms with Crippen LogP contribution in [0.25, 0.3) is 11.1 Å². The Balaban J connectivity index is 2.31. The van der Waals surface area contributed by atoms with Crippen molar-refractivity contribution < 1.29 is 8.42 Å². The minimum absolute atomic E-state index is 0.0477. The molecule has 0 saturated heterocycles. The van der Waals surface area contributed by atoms with Crippen LogP contribution in [-0.2, 0) is 16.5 Å². The number of hydrogen-bond donors (Lipinski definition) is 1. The van der Waals surface area contributed by atoms with Gasteiger partial charge in [0, 0.05) is 18.0 Å². The highest BCUT2D eigenvalue weighted by Gasteiger charge is 2.01. The van der Waals surface area contributed by atoms with Gasteiger partial charge in [0.1, 0.15) is 16.8 Å². The Morgan fingerprint density at radius 3 is 2.44 bits per heavy atom. The molecule has 2 aromatic rings. The molecule has 0 atom stereocenters. The molecule has 0 fully saturated rings. The standard InChI is InChI=1S/C13H10N2O2S/c14-6-11-5-13(8-15-7-11)12-3-1-10(2-4-12)9-18(16)17/h1-5,7-8,18H,9H2. The van der Waals surface area contributed by atoms with Crippen LogP contribution in [0.5, 0.6) is 0 Å². The molecule has 0 unspecified atom stereocenters. The summed E-state index contributed by atoms with van der Waals surface area (Å²) in [5.41, 5.74) is 3.00. The summed E-state index contributed by atoms with van der Waals surface area (Å²) in [4.78, 5) is 3.98. The van der Waals surface area contributed by atoms with Crippen LogP contribution in [-0.4, -0.2) is 13.4 Å². The molecule has 2 rings (SSSR count). The molecular weight excluding hydrogens is 248 g/mol. The average molecular weight is 258 g/mol. The topological polar surface area (TPSA) is 70.8 Å². The van der Waals surface area contributed by atoms with Crippen molar-refractivity contribution >= 4 is 10.7 Å². The lowest BCUT2D eigenvalue weighted by atomic mass is 10.1. The molecule has 0 saturated carbocycles. The Kier molecular flexibility index (Phi) is 3.70. The van der Waals surface area contributed by atoms with E-state index in [2.05, 4.69) is 4.98 Å². The van der Waals surface area contributed by atoms with Crippen molar-refractivity contribution in [2.45, 2.75) is 5.75 Å². The van der Waals surface area contributed by atoms with E-state index in [1.807, 2.05) is 18.2 Å². The third-order valence-corrected chi connectivity index (χ3v) is 3.09. The van der Waals surface area contributed by atoms with Gasteiger partial charge in [0.15, 0.2) is 0 Å². The number of rotatable bonds is 3. The largest absolute Gasteiger partial charge is 0.263 e. The number of hydrogen-bond acceptors (Lipinski definition) is 4. The number of aromatic nitrogens is 1. The van der Waals surface area contributed by atoms with Gasteiger partial charge in [-0.15, -0.1) is 0 Å². The van der Waals surface area contributed by atoms with Crippen LogP contribution in [0.4, 0.5) is 0 Å². The zero-order valence-electron chi connectivity index (χ0n) is 9.41. The van der Waals surface area contributed by atoms with Crippen LogP contribution in [0.15, 0.2) is 42.7 Å². The Morgan fingerprint density at radius 2 is 1.83 bits per heavy atom. The summed E-state index contributed by atoms with van der Waals surface area (Å²) >= 11 is 0. The summed E-state index contributed by atoms with van der Waals surface area (Å²) in [5.74, 6) is 0.0477. The van der Waals surface area contributed by atoms with Gasteiger partial charge in [-0.3, -0.25) is 4.98 Å². The Hall–Kier alpha value is -2.19. The van der Waals surface area contributed by atoms with Crippen molar-refractivity contribution in [3.63, 3.8) is 0 Å². The zero-order chi connectivity index (χ0) is 13.0. The summed E-state index contributed by atoms with van der Waals surface area (Å²) < 4.78 is 21.2. The van der Waals surface area contributed by atoms with E-state index in [9.17, 15) is 8.42 Å². The van der Waals surface area contributed by atoms with E-state index in [1.165, 1.54) is 6.20 Å². The monoisotopic (exact) mass is 258 g/mol. The van der Waals surface area contributed by atoms with Gasteiger partial charge in [0.05, 0.1) is 11.3 Å². The lowest BCUT2D eigenvalue weighted by Gasteiger charge is -2.02. The fraction of sp³-hybridized carbons (Fsp3) is 0.0769. The van der Waals surface area contributed by atoms with Crippen molar-refractivity contribution in [1.82, 2.24) is 4.98 Å². The van der Waals surface area contributed by atoms with E-state index in [0.717, 1.165) is 16.7 Å². The highest BCUT2D eigenvalue weighted by Crippen LogP contribution is 2.19. The Bertz CT molecular complexity index is 662. The van der Waals surface area contributed by atoms with Gasteiger partial charge in [-0.05, 0) is 17.2 Å². The van der Waals surface area contributed by atoms with E-state index in [1.54, 1.807) is 24.4 Å². The molecule has 0 aliphatic heterocycles. The van der Waals surface area contributed by atoms with Crippen molar-refractivity contribution in [2.75, 3.05) is 0 Å². The molecule has 0 bridgehead atoms. The predicted octanol–water partition coefficient (Wildman–Crippen LogP) is 1.73. The lowest BCUT2D eigenvalue weighted by Crippen LogP contribution is -1.87. The third kappa shape index (κ3) is 2.93. The summed E-state index contributed by atoms with van der Waals surface area (Å²) in [5, 5.41) is 8.79. The average Bonchev–Trinajstić information content (AvgIpc) is 2.39. The van der Waals surface area contributed by atoms with Gasteiger partial charge in [0.25, 0.3) is 0 Å². The maximum atomic E-state index is 10.6. The zero-order valence-corrected chi connectivity index (χ0v) is 10.3. The number of pyridine rings is 1. The van der Waals surface area contributed by atoms with Gasteiger partial charge >= 0.3 is 0 Å². The van der Waals surface area contributed by atoms with Crippen LogP contribution < -0.4 is 0 Å². The minimum Gasteiger partial charge on any atom is -0.263 e.